The normalized spacial score (nSPS) is 15.0. The number of aryl methyl sites for hydroxylation is 1. The summed E-state index contributed by atoms with van der Waals surface area (Å²) in [5.41, 5.74) is 0.890. The lowest BCUT2D eigenvalue weighted by Gasteiger charge is -2.32. The van der Waals surface area contributed by atoms with Gasteiger partial charge in [0.15, 0.2) is 5.75 Å². The van der Waals surface area contributed by atoms with Crippen molar-refractivity contribution < 1.29 is 17.9 Å². The van der Waals surface area contributed by atoms with Crippen molar-refractivity contribution in [3.8, 4) is 17.2 Å². The molecule has 1 aliphatic rings. The maximum absolute atomic E-state index is 13.1. The predicted molar refractivity (Wildman–Crippen MR) is 118 cm³/mol. The summed E-state index contributed by atoms with van der Waals surface area (Å²) < 4.78 is 40.6. The molecule has 30 heavy (non-hydrogen) atoms. The van der Waals surface area contributed by atoms with E-state index in [1.165, 1.54) is 6.07 Å². The van der Waals surface area contributed by atoms with Gasteiger partial charge in [0.25, 0.3) is 10.0 Å². The fraction of sp³-hybridized carbons (Fsp3) is 0.217. The van der Waals surface area contributed by atoms with Gasteiger partial charge in [-0.15, -0.1) is 0 Å². The van der Waals surface area contributed by atoms with E-state index in [1.807, 2.05) is 32.0 Å². The van der Waals surface area contributed by atoms with E-state index < -0.39 is 10.0 Å². The monoisotopic (exact) mass is 443 g/mol. The Morgan fingerprint density at radius 3 is 2.57 bits per heavy atom. The van der Waals surface area contributed by atoms with E-state index in [0.717, 1.165) is 24.2 Å². The molecule has 1 heterocycles. The number of halogens is 1. The smallest absolute Gasteiger partial charge is 0.262 e. The van der Waals surface area contributed by atoms with Crippen LogP contribution in [-0.2, 0) is 16.4 Å². The molecule has 0 aromatic heterocycles. The minimum absolute atomic E-state index is 0.162. The largest absolute Gasteiger partial charge is 0.488 e. The van der Waals surface area contributed by atoms with Gasteiger partial charge in [-0.2, -0.15) is 0 Å². The molecule has 0 fully saturated rings. The Kier molecular flexibility index (Phi) is 5.38. The Morgan fingerprint density at radius 2 is 1.80 bits per heavy atom. The van der Waals surface area contributed by atoms with Gasteiger partial charge in [-0.05, 0) is 80.8 Å². The molecular weight excluding hydrogens is 422 g/mol. The summed E-state index contributed by atoms with van der Waals surface area (Å²) in [6, 6.07) is 18.9. The Hall–Kier alpha value is -2.70. The zero-order valence-electron chi connectivity index (χ0n) is 16.7. The zero-order chi connectivity index (χ0) is 21.4. The van der Waals surface area contributed by atoms with Crippen LogP contribution in [0.1, 0.15) is 25.8 Å². The quantitative estimate of drug-likeness (QED) is 0.522. The standard InChI is InChI=1S/C23H22ClNO4S/c1-23(2)13-12-16-14-19(9-11-21(16)29-23)30(26,27)25-20-15-17(24)8-10-22(20)28-18-6-4-3-5-7-18/h3-11,14-15,25H,12-13H2,1-2H3. The van der Waals surface area contributed by atoms with Crippen molar-refractivity contribution in [2.75, 3.05) is 4.72 Å². The highest BCUT2D eigenvalue weighted by molar-refractivity contribution is 7.92. The van der Waals surface area contributed by atoms with Crippen LogP contribution in [0.2, 0.25) is 5.02 Å². The Morgan fingerprint density at radius 1 is 1.03 bits per heavy atom. The molecule has 3 aromatic carbocycles. The second-order valence-electron chi connectivity index (χ2n) is 7.79. The molecule has 5 nitrogen and oxygen atoms in total. The van der Waals surface area contributed by atoms with E-state index >= 15 is 0 Å². The van der Waals surface area contributed by atoms with Crippen molar-refractivity contribution in [3.05, 3.63) is 77.3 Å². The maximum Gasteiger partial charge on any atom is 0.262 e. The molecule has 156 valence electrons. The van der Waals surface area contributed by atoms with Crippen LogP contribution < -0.4 is 14.2 Å². The number of sulfonamides is 1. The molecule has 1 aliphatic heterocycles. The number of hydrogen-bond acceptors (Lipinski definition) is 4. The van der Waals surface area contributed by atoms with Gasteiger partial charge < -0.3 is 9.47 Å². The zero-order valence-corrected chi connectivity index (χ0v) is 18.3. The Labute approximate surface area is 181 Å². The maximum atomic E-state index is 13.1. The molecule has 0 amide bonds. The second-order valence-corrected chi connectivity index (χ2v) is 9.91. The summed E-state index contributed by atoms with van der Waals surface area (Å²) in [7, 11) is -3.85. The van der Waals surface area contributed by atoms with Crippen LogP contribution in [0, 0.1) is 0 Å². The first-order valence-electron chi connectivity index (χ1n) is 9.59. The third kappa shape index (κ3) is 4.55. The number of hydrogen-bond donors (Lipinski definition) is 1. The molecule has 0 bridgehead atoms. The number of rotatable bonds is 5. The van der Waals surface area contributed by atoms with Crippen LogP contribution in [0.25, 0.3) is 0 Å². The molecule has 7 heteroatoms. The fourth-order valence-electron chi connectivity index (χ4n) is 3.29. The van der Waals surface area contributed by atoms with Crippen molar-refractivity contribution in [3.63, 3.8) is 0 Å². The van der Waals surface area contributed by atoms with Crippen LogP contribution in [0.3, 0.4) is 0 Å². The highest BCUT2D eigenvalue weighted by Gasteiger charge is 2.28. The van der Waals surface area contributed by atoms with Crippen molar-refractivity contribution in [1.29, 1.82) is 0 Å². The van der Waals surface area contributed by atoms with Gasteiger partial charge in [0.1, 0.15) is 17.1 Å². The van der Waals surface area contributed by atoms with E-state index in [4.69, 9.17) is 21.1 Å². The minimum atomic E-state index is -3.85. The van der Waals surface area contributed by atoms with E-state index in [-0.39, 0.29) is 16.2 Å². The molecule has 0 atom stereocenters. The minimum Gasteiger partial charge on any atom is -0.488 e. The van der Waals surface area contributed by atoms with Crippen LogP contribution in [0.4, 0.5) is 5.69 Å². The number of nitrogens with one attached hydrogen (secondary N) is 1. The summed E-state index contributed by atoms with van der Waals surface area (Å²) in [6.45, 7) is 4.05. The summed E-state index contributed by atoms with van der Waals surface area (Å²) in [5.74, 6) is 1.67. The van der Waals surface area contributed by atoms with E-state index in [0.29, 0.717) is 16.5 Å². The third-order valence-electron chi connectivity index (χ3n) is 4.88. The molecule has 3 aromatic rings. The topological polar surface area (TPSA) is 64.6 Å². The lowest BCUT2D eigenvalue weighted by molar-refractivity contribution is 0.0845. The van der Waals surface area contributed by atoms with Gasteiger partial charge in [0.05, 0.1) is 10.6 Å². The summed E-state index contributed by atoms with van der Waals surface area (Å²) in [5, 5.41) is 0.397. The van der Waals surface area contributed by atoms with Gasteiger partial charge in [0.2, 0.25) is 0 Å². The van der Waals surface area contributed by atoms with Crippen molar-refractivity contribution in [2.45, 2.75) is 37.2 Å². The van der Waals surface area contributed by atoms with E-state index in [9.17, 15) is 8.42 Å². The molecule has 0 saturated carbocycles. The Balaban J connectivity index is 1.63. The van der Waals surface area contributed by atoms with E-state index in [2.05, 4.69) is 4.72 Å². The van der Waals surface area contributed by atoms with Gasteiger partial charge in [0, 0.05) is 5.02 Å². The lowest BCUT2D eigenvalue weighted by Crippen LogP contribution is -2.32. The molecule has 0 unspecified atom stereocenters. The SMILES string of the molecule is CC1(C)CCc2cc(S(=O)(=O)Nc3cc(Cl)ccc3Oc3ccccc3)ccc2O1. The van der Waals surface area contributed by atoms with Crippen LogP contribution in [-0.4, -0.2) is 14.0 Å². The molecule has 0 aliphatic carbocycles. The third-order valence-corrected chi connectivity index (χ3v) is 6.48. The number of para-hydroxylation sites is 1. The van der Waals surface area contributed by atoms with Gasteiger partial charge >= 0.3 is 0 Å². The van der Waals surface area contributed by atoms with E-state index in [1.54, 1.807) is 42.5 Å². The average molecular weight is 444 g/mol. The molecule has 0 radical (unpaired) electrons. The van der Waals surface area contributed by atoms with Crippen LogP contribution in [0.15, 0.2) is 71.6 Å². The Bertz CT molecular complexity index is 1180. The predicted octanol–water partition coefficient (Wildman–Crippen LogP) is 6.04. The van der Waals surface area contributed by atoms with Crippen LogP contribution >= 0.6 is 11.6 Å². The molecule has 0 spiro atoms. The van der Waals surface area contributed by atoms with Crippen molar-refractivity contribution in [1.82, 2.24) is 0 Å². The lowest BCUT2D eigenvalue weighted by atomic mass is 9.94. The second kappa shape index (κ2) is 7.85. The first-order valence-corrected chi connectivity index (χ1v) is 11.5. The van der Waals surface area contributed by atoms with Crippen LogP contribution in [0.5, 0.6) is 17.2 Å². The van der Waals surface area contributed by atoms with Gasteiger partial charge in [-0.25, -0.2) is 8.42 Å². The number of anilines is 1. The van der Waals surface area contributed by atoms with Gasteiger partial charge in [-0.3, -0.25) is 4.72 Å². The number of ether oxygens (including phenoxy) is 2. The first-order chi connectivity index (χ1) is 14.2. The highest BCUT2D eigenvalue weighted by Crippen LogP contribution is 2.36. The van der Waals surface area contributed by atoms with Crippen molar-refractivity contribution in [2.24, 2.45) is 0 Å². The average Bonchev–Trinajstić information content (AvgIpc) is 2.69. The summed E-state index contributed by atoms with van der Waals surface area (Å²) >= 11 is 6.11. The highest BCUT2D eigenvalue weighted by atomic mass is 35.5. The summed E-state index contributed by atoms with van der Waals surface area (Å²) in [6.07, 6.45) is 1.57. The molecule has 1 N–H and O–H groups in total. The van der Waals surface area contributed by atoms with Crippen molar-refractivity contribution >= 4 is 27.3 Å². The first kappa shape index (κ1) is 20.6. The molecular formula is C23H22ClNO4S. The number of fused-ring (bicyclic) bond motifs is 1. The molecule has 4 rings (SSSR count). The van der Waals surface area contributed by atoms with Gasteiger partial charge in [-0.1, -0.05) is 29.8 Å². The number of benzene rings is 3. The molecule has 0 saturated heterocycles. The summed E-state index contributed by atoms with van der Waals surface area (Å²) in [4.78, 5) is 0.162. The fourth-order valence-corrected chi connectivity index (χ4v) is 4.58.